The highest BCUT2D eigenvalue weighted by Crippen LogP contribution is 2.48. The topological polar surface area (TPSA) is 0 Å². The van der Waals surface area contributed by atoms with Gasteiger partial charge in [-0.05, 0) is 84.8 Å². The summed E-state index contributed by atoms with van der Waals surface area (Å²) < 4.78 is 0. The summed E-state index contributed by atoms with van der Waals surface area (Å²) in [5, 5.41) is 10.5. The van der Waals surface area contributed by atoms with Crippen LogP contribution in [0.15, 0.2) is 121 Å². The first-order chi connectivity index (χ1) is 20.7. The molecule has 0 saturated carbocycles. The van der Waals surface area contributed by atoms with E-state index in [4.69, 9.17) is 0 Å². The van der Waals surface area contributed by atoms with Gasteiger partial charge in [-0.25, -0.2) is 0 Å². The fourth-order valence-electron chi connectivity index (χ4n) is 6.04. The number of fused-ring (bicyclic) bond motifs is 4. The Morgan fingerprint density at radius 3 is 0.881 bits per heavy atom. The summed E-state index contributed by atoms with van der Waals surface area (Å²) in [5.74, 6) is 0. The molecule has 212 valence electrons. The molecule has 7 aromatic carbocycles. The van der Waals surface area contributed by atoms with Crippen LogP contribution in [0.25, 0.3) is 65.3 Å². The maximum Gasteiger partial charge on any atom is -0.00139 e. The first-order valence-corrected chi connectivity index (χ1v) is 15.6. The lowest BCUT2D eigenvalue weighted by Gasteiger charge is -2.21. The molecule has 0 atom stereocenters. The van der Waals surface area contributed by atoms with Gasteiger partial charge in [0.15, 0.2) is 0 Å². The molecular weight excluding hydrogens is 504 g/mol. The Balaban J connectivity index is 0.000000637. The van der Waals surface area contributed by atoms with Crippen LogP contribution in [0.5, 0.6) is 0 Å². The van der Waals surface area contributed by atoms with Gasteiger partial charge in [0.2, 0.25) is 0 Å². The molecule has 0 heteroatoms. The van der Waals surface area contributed by atoms with Crippen molar-refractivity contribution >= 4 is 43.1 Å². The molecule has 7 aromatic rings. The van der Waals surface area contributed by atoms with Crippen LogP contribution >= 0.6 is 0 Å². The zero-order valence-corrected chi connectivity index (χ0v) is 26.5. The number of hydrogen-bond donors (Lipinski definition) is 0. The molecule has 0 aliphatic carbocycles. The van der Waals surface area contributed by atoms with Crippen LogP contribution in [0.1, 0.15) is 52.7 Å². The highest BCUT2D eigenvalue weighted by molar-refractivity contribution is 6.27. The van der Waals surface area contributed by atoms with Gasteiger partial charge in [-0.2, -0.15) is 0 Å². The van der Waals surface area contributed by atoms with Crippen molar-refractivity contribution in [1.82, 2.24) is 0 Å². The van der Waals surface area contributed by atoms with E-state index in [-0.39, 0.29) is 0 Å². The fourth-order valence-corrected chi connectivity index (χ4v) is 6.04. The zero-order chi connectivity index (χ0) is 30.2. The van der Waals surface area contributed by atoms with Crippen LogP contribution in [-0.4, -0.2) is 0 Å². The molecule has 0 nitrogen and oxygen atoms in total. The van der Waals surface area contributed by atoms with Gasteiger partial charge in [-0.1, -0.05) is 168 Å². The molecule has 0 spiro atoms. The predicted molar refractivity (Wildman–Crippen MR) is 191 cm³/mol. The van der Waals surface area contributed by atoms with E-state index in [1.807, 2.05) is 41.5 Å². The van der Waals surface area contributed by atoms with E-state index in [1.54, 1.807) is 0 Å². The van der Waals surface area contributed by atoms with Crippen molar-refractivity contribution in [1.29, 1.82) is 0 Å². The summed E-state index contributed by atoms with van der Waals surface area (Å²) in [6.07, 6.45) is 0. The van der Waals surface area contributed by atoms with E-state index >= 15 is 0 Å². The first kappa shape index (κ1) is 30.5. The van der Waals surface area contributed by atoms with Crippen molar-refractivity contribution in [2.75, 3.05) is 0 Å². The van der Waals surface area contributed by atoms with Gasteiger partial charge < -0.3 is 0 Å². The number of rotatable bonds is 2. The molecule has 0 aliphatic rings. The highest BCUT2D eigenvalue weighted by Gasteiger charge is 2.20. The van der Waals surface area contributed by atoms with Crippen LogP contribution in [-0.2, 0) is 0 Å². The average molecular weight is 549 g/mol. The third-order valence-electron chi connectivity index (χ3n) is 7.72. The van der Waals surface area contributed by atoms with E-state index in [9.17, 15) is 0 Å². The van der Waals surface area contributed by atoms with Crippen molar-refractivity contribution < 1.29 is 0 Å². The Hall–Kier alpha value is -4.42. The van der Waals surface area contributed by atoms with Crippen LogP contribution in [0.4, 0.5) is 0 Å². The van der Waals surface area contributed by atoms with E-state index in [2.05, 4.69) is 135 Å². The van der Waals surface area contributed by atoms with Crippen molar-refractivity contribution in [3.05, 3.63) is 132 Å². The van der Waals surface area contributed by atoms with Gasteiger partial charge >= 0.3 is 0 Å². The van der Waals surface area contributed by atoms with E-state index in [0.29, 0.717) is 0 Å². The third-order valence-corrected chi connectivity index (χ3v) is 7.72. The smallest absolute Gasteiger partial charge is 0.00139 e. The van der Waals surface area contributed by atoms with Gasteiger partial charge in [0.05, 0.1) is 0 Å². The Kier molecular flexibility index (Phi) is 10.2. The zero-order valence-electron chi connectivity index (χ0n) is 26.5. The Labute approximate surface area is 252 Å². The third kappa shape index (κ3) is 5.30. The minimum absolute atomic E-state index is 1.26. The Morgan fingerprint density at radius 1 is 0.286 bits per heavy atom. The molecule has 42 heavy (non-hydrogen) atoms. The lowest BCUT2D eigenvalue weighted by molar-refractivity contribution is 1.47. The molecule has 0 unspecified atom stereocenters. The molecule has 0 saturated heterocycles. The summed E-state index contributed by atoms with van der Waals surface area (Å²) in [7, 11) is 0. The summed E-state index contributed by atoms with van der Waals surface area (Å²) in [6.45, 7) is 16.4. The molecule has 0 fully saturated rings. The molecule has 0 heterocycles. The average Bonchev–Trinajstić information content (AvgIpc) is 3.08. The Bertz CT molecular complexity index is 1820. The minimum Gasteiger partial charge on any atom is -0.0683 e. The molecule has 0 aromatic heterocycles. The van der Waals surface area contributed by atoms with Crippen molar-refractivity contribution in [3.8, 4) is 22.3 Å². The second-order valence-corrected chi connectivity index (χ2v) is 9.80. The van der Waals surface area contributed by atoms with Gasteiger partial charge in [0, 0.05) is 0 Å². The lowest BCUT2D eigenvalue weighted by Crippen LogP contribution is -1.94. The van der Waals surface area contributed by atoms with Gasteiger partial charge in [0.25, 0.3) is 0 Å². The fraction of sp³-hybridized carbons (Fsp3) is 0.190. The van der Waals surface area contributed by atoms with Crippen molar-refractivity contribution in [2.24, 2.45) is 0 Å². The van der Waals surface area contributed by atoms with Gasteiger partial charge in [-0.15, -0.1) is 0 Å². The van der Waals surface area contributed by atoms with E-state index in [0.717, 1.165) is 0 Å². The molecule has 0 aliphatic heterocycles. The van der Waals surface area contributed by atoms with Gasteiger partial charge in [0.1, 0.15) is 0 Å². The highest BCUT2D eigenvalue weighted by atomic mass is 14.2. The summed E-state index contributed by atoms with van der Waals surface area (Å²) in [4.78, 5) is 0. The monoisotopic (exact) mass is 548 g/mol. The largest absolute Gasteiger partial charge is 0.0683 e. The maximum absolute atomic E-state index is 2.30. The number of hydrogen-bond acceptors (Lipinski definition) is 0. The number of aryl methyl sites for hydroxylation is 2. The molecular formula is C42H44. The quantitative estimate of drug-likeness (QED) is 0.188. The van der Waals surface area contributed by atoms with E-state index in [1.165, 1.54) is 76.5 Å². The first-order valence-electron chi connectivity index (χ1n) is 15.6. The van der Waals surface area contributed by atoms with Crippen LogP contribution < -0.4 is 0 Å². The predicted octanol–water partition coefficient (Wildman–Crippen LogP) is 13.3. The molecule has 0 amide bonds. The summed E-state index contributed by atoms with van der Waals surface area (Å²) in [5.41, 5.74) is 7.85. The SMILES string of the molecule is CC.CC.CC.Cc1ccc(-c2c3ccccc3c(-c3c4ccccc4c(C)c4ccccc34)c3ccccc23)cc1. The molecule has 0 bridgehead atoms. The minimum atomic E-state index is 1.26. The van der Waals surface area contributed by atoms with Crippen LogP contribution in [0.2, 0.25) is 0 Å². The van der Waals surface area contributed by atoms with E-state index < -0.39 is 0 Å². The van der Waals surface area contributed by atoms with Crippen molar-refractivity contribution in [3.63, 3.8) is 0 Å². The van der Waals surface area contributed by atoms with Crippen LogP contribution in [0.3, 0.4) is 0 Å². The van der Waals surface area contributed by atoms with Crippen molar-refractivity contribution in [2.45, 2.75) is 55.4 Å². The summed E-state index contributed by atoms with van der Waals surface area (Å²) >= 11 is 0. The number of benzene rings is 7. The second kappa shape index (κ2) is 14.0. The van der Waals surface area contributed by atoms with Crippen LogP contribution in [0, 0.1) is 13.8 Å². The second-order valence-electron chi connectivity index (χ2n) is 9.80. The lowest BCUT2D eigenvalue weighted by atomic mass is 9.82. The molecule has 0 radical (unpaired) electrons. The molecule has 7 rings (SSSR count). The standard InChI is InChI=1S/C36H26.3C2H6/c1-23-19-21-25(22-20-23)34-30-15-7-9-17-32(30)36(33-18-10-8-16-31(33)34)35-28-13-5-3-11-26(28)24(2)27-12-4-6-14-29(27)35;3*1-2/h3-22H,1-2H3;3*1-2H3. The Morgan fingerprint density at radius 2 is 0.548 bits per heavy atom. The maximum atomic E-state index is 2.30. The normalized spacial score (nSPS) is 10.4. The molecule has 0 N–H and O–H groups in total. The summed E-state index contributed by atoms with van der Waals surface area (Å²) in [6, 6.07) is 44.6. The van der Waals surface area contributed by atoms with Gasteiger partial charge in [-0.3, -0.25) is 0 Å².